The van der Waals surface area contributed by atoms with Gasteiger partial charge in [0.1, 0.15) is 17.3 Å². The average Bonchev–Trinajstić information content (AvgIpc) is 2.88. The van der Waals surface area contributed by atoms with Crippen molar-refractivity contribution in [3.8, 4) is 0 Å². The number of anilines is 1. The van der Waals surface area contributed by atoms with E-state index in [0.29, 0.717) is 11.6 Å². The maximum absolute atomic E-state index is 6.09. The SMILES string of the molecule is Cc1nc(N)c2c(C)c(C)n(CC3(C)CCCO3)c2n1. The smallest absolute Gasteiger partial charge is 0.146 e. The third-order valence-electron chi connectivity index (χ3n) is 4.40. The first kappa shape index (κ1) is 13.4. The largest absolute Gasteiger partial charge is 0.383 e. The monoisotopic (exact) mass is 274 g/mol. The molecule has 2 aromatic heterocycles. The van der Waals surface area contributed by atoms with E-state index in [-0.39, 0.29) is 5.60 Å². The molecule has 108 valence electrons. The molecule has 0 radical (unpaired) electrons. The Morgan fingerprint density at radius 2 is 2.05 bits per heavy atom. The highest BCUT2D eigenvalue weighted by Gasteiger charge is 2.32. The van der Waals surface area contributed by atoms with Crippen LogP contribution in [0, 0.1) is 20.8 Å². The fourth-order valence-corrected chi connectivity index (χ4v) is 3.17. The molecule has 3 rings (SSSR count). The number of hydrogen-bond acceptors (Lipinski definition) is 4. The molecule has 1 aliphatic rings. The minimum Gasteiger partial charge on any atom is -0.383 e. The topological polar surface area (TPSA) is 66.0 Å². The summed E-state index contributed by atoms with van der Waals surface area (Å²) in [6.45, 7) is 9.93. The molecule has 5 heteroatoms. The molecule has 1 saturated heterocycles. The van der Waals surface area contributed by atoms with Crippen molar-refractivity contribution in [2.45, 2.75) is 52.7 Å². The van der Waals surface area contributed by atoms with Gasteiger partial charge in [-0.1, -0.05) is 0 Å². The molecule has 1 aliphatic heterocycles. The van der Waals surface area contributed by atoms with Gasteiger partial charge in [-0.25, -0.2) is 9.97 Å². The molecule has 2 aromatic rings. The van der Waals surface area contributed by atoms with Gasteiger partial charge in [-0.2, -0.15) is 0 Å². The van der Waals surface area contributed by atoms with Crippen molar-refractivity contribution in [3.63, 3.8) is 0 Å². The summed E-state index contributed by atoms with van der Waals surface area (Å²) in [5.74, 6) is 1.29. The van der Waals surface area contributed by atoms with Crippen molar-refractivity contribution in [1.29, 1.82) is 0 Å². The molecule has 0 aliphatic carbocycles. The highest BCUT2D eigenvalue weighted by Crippen LogP contribution is 2.32. The van der Waals surface area contributed by atoms with E-state index in [2.05, 4.69) is 35.3 Å². The van der Waals surface area contributed by atoms with Gasteiger partial charge in [0.05, 0.1) is 17.5 Å². The van der Waals surface area contributed by atoms with Gasteiger partial charge in [0.25, 0.3) is 0 Å². The Kier molecular flexibility index (Phi) is 2.97. The predicted molar refractivity (Wildman–Crippen MR) is 79.7 cm³/mol. The molecular formula is C15H22N4O. The molecule has 1 unspecified atom stereocenters. The summed E-state index contributed by atoms with van der Waals surface area (Å²) >= 11 is 0. The van der Waals surface area contributed by atoms with Crippen LogP contribution in [0.3, 0.4) is 0 Å². The lowest BCUT2D eigenvalue weighted by Crippen LogP contribution is -2.30. The van der Waals surface area contributed by atoms with E-state index in [1.165, 1.54) is 11.3 Å². The van der Waals surface area contributed by atoms with E-state index in [0.717, 1.165) is 37.0 Å². The van der Waals surface area contributed by atoms with Crippen LogP contribution < -0.4 is 5.73 Å². The van der Waals surface area contributed by atoms with Gasteiger partial charge in [0.15, 0.2) is 0 Å². The highest BCUT2D eigenvalue weighted by atomic mass is 16.5. The Hall–Kier alpha value is -1.62. The third kappa shape index (κ3) is 1.97. The number of aryl methyl sites for hydroxylation is 2. The molecule has 2 N–H and O–H groups in total. The maximum atomic E-state index is 6.09. The van der Waals surface area contributed by atoms with Crippen LogP contribution in [0.2, 0.25) is 0 Å². The van der Waals surface area contributed by atoms with E-state index < -0.39 is 0 Å². The van der Waals surface area contributed by atoms with Gasteiger partial charge >= 0.3 is 0 Å². The molecular weight excluding hydrogens is 252 g/mol. The van der Waals surface area contributed by atoms with Crippen LogP contribution in [-0.2, 0) is 11.3 Å². The fraction of sp³-hybridized carbons (Fsp3) is 0.600. The third-order valence-corrected chi connectivity index (χ3v) is 4.40. The summed E-state index contributed by atoms with van der Waals surface area (Å²) in [6, 6.07) is 0. The number of ether oxygens (including phenoxy) is 1. The van der Waals surface area contributed by atoms with Crippen LogP contribution >= 0.6 is 0 Å². The van der Waals surface area contributed by atoms with Crippen molar-refractivity contribution in [3.05, 3.63) is 17.1 Å². The van der Waals surface area contributed by atoms with Crippen molar-refractivity contribution >= 4 is 16.9 Å². The second-order valence-electron chi connectivity index (χ2n) is 6.05. The van der Waals surface area contributed by atoms with Gasteiger partial charge in [-0.05, 0) is 46.1 Å². The highest BCUT2D eigenvalue weighted by molar-refractivity contribution is 5.91. The first-order chi connectivity index (χ1) is 9.41. The molecule has 1 atom stereocenters. The molecule has 1 fully saturated rings. The van der Waals surface area contributed by atoms with Crippen LogP contribution in [0.25, 0.3) is 11.0 Å². The van der Waals surface area contributed by atoms with E-state index >= 15 is 0 Å². The summed E-state index contributed by atoms with van der Waals surface area (Å²) in [4.78, 5) is 8.90. The molecule has 20 heavy (non-hydrogen) atoms. The first-order valence-corrected chi connectivity index (χ1v) is 7.15. The molecule has 0 aromatic carbocycles. The fourth-order valence-electron chi connectivity index (χ4n) is 3.17. The number of rotatable bonds is 2. The molecule has 0 amide bonds. The minimum atomic E-state index is -0.100. The number of aromatic nitrogens is 3. The van der Waals surface area contributed by atoms with Crippen LogP contribution in [0.4, 0.5) is 5.82 Å². The summed E-state index contributed by atoms with van der Waals surface area (Å²) in [5, 5.41) is 0.981. The van der Waals surface area contributed by atoms with Gasteiger partial charge in [-0.15, -0.1) is 0 Å². The summed E-state index contributed by atoms with van der Waals surface area (Å²) in [7, 11) is 0. The summed E-state index contributed by atoms with van der Waals surface area (Å²) in [6.07, 6.45) is 2.22. The Labute approximate surface area is 119 Å². The van der Waals surface area contributed by atoms with E-state index in [1.807, 2.05) is 6.92 Å². The normalized spacial score (nSPS) is 22.8. The Bertz CT molecular complexity index is 668. The van der Waals surface area contributed by atoms with Gasteiger partial charge in [0.2, 0.25) is 0 Å². The van der Waals surface area contributed by atoms with Crippen LogP contribution in [-0.4, -0.2) is 26.7 Å². The van der Waals surface area contributed by atoms with Gasteiger partial charge < -0.3 is 15.0 Å². The average molecular weight is 274 g/mol. The summed E-state index contributed by atoms with van der Waals surface area (Å²) < 4.78 is 8.16. The van der Waals surface area contributed by atoms with Crippen LogP contribution in [0.1, 0.15) is 36.8 Å². The van der Waals surface area contributed by atoms with Gasteiger partial charge in [-0.3, -0.25) is 0 Å². The first-order valence-electron chi connectivity index (χ1n) is 7.15. The lowest BCUT2D eigenvalue weighted by atomic mass is 10.0. The van der Waals surface area contributed by atoms with Crippen LogP contribution in [0.15, 0.2) is 0 Å². The standard InChI is InChI=1S/C15H22N4O/c1-9-10(2)19(8-15(4)6-5-7-20-15)14-12(9)13(16)17-11(3)18-14/h5-8H2,1-4H3,(H2,16,17,18). The van der Waals surface area contributed by atoms with E-state index in [4.69, 9.17) is 10.5 Å². The minimum absolute atomic E-state index is 0.100. The Balaban J connectivity index is 2.17. The second-order valence-corrected chi connectivity index (χ2v) is 6.05. The molecule has 0 saturated carbocycles. The molecule has 0 bridgehead atoms. The van der Waals surface area contributed by atoms with E-state index in [9.17, 15) is 0 Å². The lowest BCUT2D eigenvalue weighted by molar-refractivity contribution is 0.00666. The second kappa shape index (κ2) is 4.45. The van der Waals surface area contributed by atoms with Crippen molar-refractivity contribution in [1.82, 2.24) is 14.5 Å². The molecule has 3 heterocycles. The number of hydrogen-bond donors (Lipinski definition) is 1. The maximum Gasteiger partial charge on any atom is 0.146 e. The Morgan fingerprint density at radius 3 is 2.70 bits per heavy atom. The lowest BCUT2D eigenvalue weighted by Gasteiger charge is -2.25. The van der Waals surface area contributed by atoms with Crippen LogP contribution in [0.5, 0.6) is 0 Å². The van der Waals surface area contributed by atoms with Crippen molar-refractivity contribution in [2.75, 3.05) is 12.3 Å². The zero-order valence-corrected chi connectivity index (χ0v) is 12.7. The molecule has 0 spiro atoms. The number of nitrogen functional groups attached to an aromatic ring is 1. The van der Waals surface area contributed by atoms with Crippen molar-refractivity contribution < 1.29 is 4.74 Å². The number of nitrogens with zero attached hydrogens (tertiary/aromatic N) is 3. The number of nitrogens with two attached hydrogens (primary N) is 1. The Morgan fingerprint density at radius 1 is 1.30 bits per heavy atom. The summed E-state index contributed by atoms with van der Waals surface area (Å²) in [5.41, 5.74) is 9.28. The van der Waals surface area contributed by atoms with Crippen molar-refractivity contribution in [2.24, 2.45) is 0 Å². The number of fused-ring (bicyclic) bond motifs is 1. The van der Waals surface area contributed by atoms with Gasteiger partial charge in [0, 0.05) is 12.3 Å². The quantitative estimate of drug-likeness (QED) is 0.913. The van der Waals surface area contributed by atoms with E-state index in [1.54, 1.807) is 0 Å². The predicted octanol–water partition coefficient (Wildman–Crippen LogP) is 2.51. The zero-order valence-electron chi connectivity index (χ0n) is 12.7. The zero-order chi connectivity index (χ0) is 14.5. The molecule has 5 nitrogen and oxygen atoms in total.